The van der Waals surface area contributed by atoms with Crippen LogP contribution in [0, 0.1) is 23.7 Å². The molecule has 3 amide bonds. The first-order chi connectivity index (χ1) is 11.5. The zero-order valence-electron chi connectivity index (χ0n) is 13.3. The van der Waals surface area contributed by atoms with Crippen molar-refractivity contribution in [2.45, 2.75) is 19.3 Å². The maximum Gasteiger partial charge on any atom is 0.251 e. The number of nitrogens with one attached hydrogen (secondary N) is 1. The summed E-state index contributed by atoms with van der Waals surface area (Å²) < 4.78 is 0. The molecule has 0 radical (unpaired) electrons. The van der Waals surface area contributed by atoms with Crippen molar-refractivity contribution in [3.63, 3.8) is 0 Å². The Bertz CT molecular complexity index is 772. The maximum absolute atomic E-state index is 12.9. The molecule has 124 valence electrons. The van der Waals surface area contributed by atoms with Crippen LogP contribution in [0.15, 0.2) is 24.3 Å². The van der Waals surface area contributed by atoms with Gasteiger partial charge in [-0.1, -0.05) is 6.07 Å². The van der Waals surface area contributed by atoms with Gasteiger partial charge in [-0.25, -0.2) is 0 Å². The van der Waals surface area contributed by atoms with Crippen LogP contribution in [0.3, 0.4) is 0 Å². The Kier molecular flexibility index (Phi) is 3.30. The summed E-state index contributed by atoms with van der Waals surface area (Å²) in [6.45, 7) is 0. The molecule has 1 aromatic carbocycles. The number of imide groups is 1. The molecule has 5 rings (SSSR count). The molecule has 3 aliphatic carbocycles. The molecule has 0 aromatic heterocycles. The third kappa shape index (κ3) is 1.95. The lowest BCUT2D eigenvalue weighted by atomic mass is 9.59. The van der Waals surface area contributed by atoms with Crippen LogP contribution in [0.25, 0.3) is 0 Å². The standard InChI is InChI=1S/C18H18N2O4/c1-19-16(22)10-3-2-4-11(7-10)20-17(23)14-9-5-6-12(13(21)8-9)15(14)18(20)24/h2-4,7,9,12,14-15H,5-6,8H2,1H3,(H,19,22). The topological polar surface area (TPSA) is 83.6 Å². The van der Waals surface area contributed by atoms with Crippen LogP contribution in [0.5, 0.6) is 0 Å². The summed E-state index contributed by atoms with van der Waals surface area (Å²) in [4.78, 5) is 50.9. The molecule has 1 aliphatic heterocycles. The number of hydrogen-bond donors (Lipinski definition) is 1. The molecule has 1 saturated heterocycles. The van der Waals surface area contributed by atoms with Crippen LogP contribution >= 0.6 is 0 Å². The van der Waals surface area contributed by atoms with Crippen LogP contribution < -0.4 is 10.2 Å². The fraction of sp³-hybridized carbons (Fsp3) is 0.444. The minimum absolute atomic E-state index is 0.0175. The van der Waals surface area contributed by atoms with Crippen molar-refractivity contribution in [2.24, 2.45) is 23.7 Å². The summed E-state index contributed by atoms with van der Waals surface area (Å²) in [6, 6.07) is 6.49. The van der Waals surface area contributed by atoms with E-state index in [0.717, 1.165) is 6.42 Å². The van der Waals surface area contributed by atoms with Gasteiger partial charge in [0.1, 0.15) is 5.78 Å². The van der Waals surface area contributed by atoms with Crippen LogP contribution in [0.4, 0.5) is 5.69 Å². The molecule has 4 fully saturated rings. The molecule has 1 aromatic rings. The number of hydrogen-bond acceptors (Lipinski definition) is 4. The molecule has 6 heteroatoms. The van der Waals surface area contributed by atoms with E-state index >= 15 is 0 Å². The maximum atomic E-state index is 12.9. The van der Waals surface area contributed by atoms with E-state index in [1.165, 1.54) is 11.9 Å². The monoisotopic (exact) mass is 326 g/mol. The summed E-state index contributed by atoms with van der Waals surface area (Å²) in [6.07, 6.45) is 1.95. The highest BCUT2D eigenvalue weighted by atomic mass is 16.2. The number of benzene rings is 1. The number of carbonyl (C=O) groups is 4. The van der Waals surface area contributed by atoms with Crippen LogP contribution in [0.2, 0.25) is 0 Å². The van der Waals surface area contributed by atoms with Crippen molar-refractivity contribution >= 4 is 29.2 Å². The van der Waals surface area contributed by atoms with Gasteiger partial charge in [0.2, 0.25) is 11.8 Å². The van der Waals surface area contributed by atoms with E-state index in [1.54, 1.807) is 24.3 Å². The molecule has 4 aliphatic rings. The van der Waals surface area contributed by atoms with Crippen molar-refractivity contribution in [3.8, 4) is 0 Å². The van der Waals surface area contributed by atoms with E-state index in [-0.39, 0.29) is 41.3 Å². The third-order valence-electron chi connectivity index (χ3n) is 5.66. The Morgan fingerprint density at radius 1 is 1.12 bits per heavy atom. The van der Waals surface area contributed by atoms with Crippen molar-refractivity contribution < 1.29 is 19.2 Å². The van der Waals surface area contributed by atoms with Crippen LogP contribution in [-0.4, -0.2) is 30.6 Å². The number of rotatable bonds is 2. The smallest absolute Gasteiger partial charge is 0.251 e. The quantitative estimate of drug-likeness (QED) is 0.827. The van der Waals surface area contributed by atoms with E-state index in [4.69, 9.17) is 0 Å². The molecule has 24 heavy (non-hydrogen) atoms. The van der Waals surface area contributed by atoms with Gasteiger partial charge in [-0.05, 0) is 37.0 Å². The lowest BCUT2D eigenvalue weighted by Gasteiger charge is -2.41. The van der Waals surface area contributed by atoms with E-state index in [2.05, 4.69) is 5.32 Å². The van der Waals surface area contributed by atoms with Gasteiger partial charge in [-0.3, -0.25) is 24.1 Å². The normalized spacial score (nSPS) is 31.4. The SMILES string of the molecule is CNC(=O)c1cccc(N2C(=O)C3C4CCC(C(=O)C4)C3C2=O)c1. The van der Waals surface area contributed by atoms with E-state index < -0.39 is 5.92 Å². The molecule has 6 nitrogen and oxygen atoms in total. The summed E-state index contributed by atoms with van der Waals surface area (Å²) >= 11 is 0. The fourth-order valence-corrected chi connectivity index (χ4v) is 4.57. The number of amides is 3. The minimum atomic E-state index is -0.513. The Labute approximate surface area is 139 Å². The molecule has 4 atom stereocenters. The molecular formula is C18H18N2O4. The van der Waals surface area contributed by atoms with Gasteiger partial charge in [0.15, 0.2) is 0 Å². The van der Waals surface area contributed by atoms with Gasteiger partial charge in [-0.15, -0.1) is 0 Å². The Hall–Kier alpha value is -2.50. The van der Waals surface area contributed by atoms with Crippen LogP contribution in [-0.2, 0) is 14.4 Å². The largest absolute Gasteiger partial charge is 0.355 e. The molecule has 1 N–H and O–H groups in total. The number of Topliss-reactive ketones (excluding diaryl/α,β-unsaturated/α-hetero) is 1. The second kappa shape index (κ2) is 5.26. The summed E-state index contributed by atoms with van der Waals surface area (Å²) in [5.74, 6) is -1.89. The summed E-state index contributed by atoms with van der Waals surface area (Å²) in [5, 5.41) is 2.53. The first kappa shape index (κ1) is 15.1. The highest BCUT2D eigenvalue weighted by molar-refractivity contribution is 6.23. The highest BCUT2D eigenvalue weighted by Crippen LogP contribution is 2.52. The predicted molar refractivity (Wildman–Crippen MR) is 85.1 cm³/mol. The van der Waals surface area contributed by atoms with Gasteiger partial charge >= 0.3 is 0 Å². The number of nitrogens with zero attached hydrogens (tertiary/aromatic N) is 1. The Morgan fingerprint density at radius 2 is 1.88 bits per heavy atom. The van der Waals surface area contributed by atoms with Crippen molar-refractivity contribution in [2.75, 3.05) is 11.9 Å². The summed E-state index contributed by atoms with van der Waals surface area (Å²) in [5.41, 5.74) is 0.803. The lowest BCUT2D eigenvalue weighted by molar-refractivity contribution is -0.143. The Balaban J connectivity index is 1.73. The molecular weight excluding hydrogens is 308 g/mol. The van der Waals surface area contributed by atoms with Crippen molar-refractivity contribution in [1.29, 1.82) is 0 Å². The highest BCUT2D eigenvalue weighted by Gasteiger charge is 2.60. The number of fused-ring (bicyclic) bond motifs is 2. The lowest BCUT2D eigenvalue weighted by Crippen LogP contribution is -2.46. The first-order valence-electron chi connectivity index (χ1n) is 8.25. The molecule has 0 spiro atoms. The molecule has 3 saturated carbocycles. The minimum Gasteiger partial charge on any atom is -0.355 e. The van der Waals surface area contributed by atoms with E-state index in [9.17, 15) is 19.2 Å². The zero-order valence-corrected chi connectivity index (χ0v) is 13.3. The van der Waals surface area contributed by atoms with Gasteiger partial charge in [0.25, 0.3) is 5.91 Å². The first-order valence-corrected chi connectivity index (χ1v) is 8.25. The van der Waals surface area contributed by atoms with Crippen molar-refractivity contribution in [1.82, 2.24) is 5.32 Å². The third-order valence-corrected chi connectivity index (χ3v) is 5.66. The van der Waals surface area contributed by atoms with E-state index in [1.807, 2.05) is 0 Å². The second-order valence-corrected chi connectivity index (χ2v) is 6.81. The second-order valence-electron chi connectivity index (χ2n) is 6.81. The average Bonchev–Trinajstić information content (AvgIpc) is 2.87. The zero-order chi connectivity index (χ0) is 17.0. The number of anilines is 1. The van der Waals surface area contributed by atoms with Crippen molar-refractivity contribution in [3.05, 3.63) is 29.8 Å². The van der Waals surface area contributed by atoms with Gasteiger partial charge in [0, 0.05) is 24.9 Å². The predicted octanol–water partition coefficient (Wildman–Crippen LogP) is 1.15. The molecule has 1 heterocycles. The molecule has 4 unspecified atom stereocenters. The molecule has 2 bridgehead atoms. The number of ketones is 1. The summed E-state index contributed by atoms with van der Waals surface area (Å²) in [7, 11) is 1.53. The Morgan fingerprint density at radius 3 is 2.58 bits per heavy atom. The average molecular weight is 326 g/mol. The number of carbonyl (C=O) groups excluding carboxylic acids is 4. The van der Waals surface area contributed by atoms with Gasteiger partial charge < -0.3 is 5.32 Å². The van der Waals surface area contributed by atoms with E-state index in [0.29, 0.717) is 24.1 Å². The van der Waals surface area contributed by atoms with Gasteiger partial charge in [-0.2, -0.15) is 0 Å². The van der Waals surface area contributed by atoms with Crippen LogP contribution in [0.1, 0.15) is 29.6 Å². The fourth-order valence-electron chi connectivity index (χ4n) is 4.57. The van der Waals surface area contributed by atoms with Gasteiger partial charge in [0.05, 0.1) is 17.5 Å².